The Morgan fingerprint density at radius 1 is 1.32 bits per heavy atom. The van der Waals surface area contributed by atoms with Crippen molar-refractivity contribution in [2.45, 2.75) is 53.5 Å². The van der Waals surface area contributed by atoms with E-state index in [0.717, 1.165) is 29.8 Å². The van der Waals surface area contributed by atoms with E-state index >= 15 is 0 Å². The van der Waals surface area contributed by atoms with Crippen LogP contribution in [0, 0.1) is 6.92 Å². The van der Waals surface area contributed by atoms with E-state index in [4.69, 9.17) is 5.73 Å². The first-order chi connectivity index (χ1) is 13.3. The number of rotatable bonds is 9. The number of aromatic amines is 1. The predicted molar refractivity (Wildman–Crippen MR) is 113 cm³/mol. The minimum absolute atomic E-state index is 0.0736. The Morgan fingerprint density at radius 2 is 2.04 bits per heavy atom. The number of likely N-dealkylation sites (N-methyl/N-ethyl adjacent to an activating group) is 1. The van der Waals surface area contributed by atoms with Crippen molar-refractivity contribution in [2.24, 2.45) is 0 Å². The van der Waals surface area contributed by atoms with Gasteiger partial charge >= 0.3 is 5.69 Å². The maximum Gasteiger partial charge on any atom is 0.330 e. The molecule has 0 spiro atoms. The van der Waals surface area contributed by atoms with Crippen LogP contribution in [0.15, 0.2) is 9.59 Å². The summed E-state index contributed by atoms with van der Waals surface area (Å²) in [6, 6.07) is 0. The van der Waals surface area contributed by atoms with Crippen molar-refractivity contribution in [1.29, 1.82) is 0 Å². The van der Waals surface area contributed by atoms with Gasteiger partial charge in [-0.15, -0.1) is 11.3 Å². The second-order valence-corrected chi connectivity index (χ2v) is 7.64. The Balaban J connectivity index is 2.25. The molecular formula is C18H28N6O3S. The fourth-order valence-corrected chi connectivity index (χ4v) is 3.83. The number of anilines is 3. The summed E-state index contributed by atoms with van der Waals surface area (Å²) >= 11 is 1.42. The molecule has 0 aliphatic rings. The number of amides is 1. The molecule has 0 saturated carbocycles. The molecule has 2 rings (SSSR count). The number of nitrogens with one attached hydrogen (secondary N) is 2. The molecule has 0 fully saturated rings. The summed E-state index contributed by atoms with van der Waals surface area (Å²) in [4.78, 5) is 46.3. The van der Waals surface area contributed by atoms with Gasteiger partial charge in [0, 0.05) is 18.0 Å². The minimum atomic E-state index is -0.594. The molecule has 0 unspecified atom stereocenters. The first kappa shape index (κ1) is 21.7. The molecule has 0 bridgehead atoms. The average molecular weight is 409 g/mol. The number of nitrogens with zero attached hydrogens (tertiary/aromatic N) is 3. The zero-order chi connectivity index (χ0) is 20.8. The van der Waals surface area contributed by atoms with E-state index in [0.29, 0.717) is 18.2 Å². The van der Waals surface area contributed by atoms with E-state index in [-0.39, 0.29) is 24.0 Å². The summed E-state index contributed by atoms with van der Waals surface area (Å²) in [5.74, 6) is -0.224. The van der Waals surface area contributed by atoms with E-state index in [1.807, 2.05) is 27.7 Å². The molecule has 0 atom stereocenters. The molecule has 0 aliphatic heterocycles. The fraction of sp³-hybridized carbons (Fsp3) is 0.556. The second-order valence-electron chi connectivity index (χ2n) is 6.44. The largest absolute Gasteiger partial charge is 0.383 e. The van der Waals surface area contributed by atoms with Crippen molar-refractivity contribution in [1.82, 2.24) is 14.5 Å². The molecule has 0 radical (unpaired) electrons. The van der Waals surface area contributed by atoms with Crippen LogP contribution in [0.5, 0.6) is 0 Å². The zero-order valence-corrected chi connectivity index (χ0v) is 17.6. The van der Waals surface area contributed by atoms with Gasteiger partial charge in [0.15, 0.2) is 5.13 Å². The van der Waals surface area contributed by atoms with E-state index < -0.39 is 11.2 Å². The number of nitrogen functional groups attached to an aromatic ring is 1. The predicted octanol–water partition coefficient (Wildman–Crippen LogP) is 1.71. The highest BCUT2D eigenvalue weighted by Gasteiger charge is 2.20. The third-order valence-corrected chi connectivity index (χ3v) is 5.38. The van der Waals surface area contributed by atoms with Crippen molar-refractivity contribution in [3.8, 4) is 0 Å². The first-order valence-corrected chi connectivity index (χ1v) is 10.3. The first-order valence-electron chi connectivity index (χ1n) is 9.45. The number of thiazole rings is 1. The number of aromatic nitrogens is 3. The van der Waals surface area contributed by atoms with Gasteiger partial charge in [-0.3, -0.25) is 19.1 Å². The highest BCUT2D eigenvalue weighted by atomic mass is 32.1. The van der Waals surface area contributed by atoms with Crippen LogP contribution >= 0.6 is 11.3 Å². The zero-order valence-electron chi connectivity index (χ0n) is 16.8. The molecule has 9 nitrogen and oxygen atoms in total. The van der Waals surface area contributed by atoms with Gasteiger partial charge in [-0.2, -0.15) is 0 Å². The Bertz CT molecular complexity index is 946. The molecule has 4 N–H and O–H groups in total. The number of H-pyrrole nitrogens is 1. The molecule has 0 aliphatic carbocycles. The lowest BCUT2D eigenvalue weighted by Gasteiger charge is -2.24. The Morgan fingerprint density at radius 3 is 2.61 bits per heavy atom. The van der Waals surface area contributed by atoms with Gasteiger partial charge < -0.3 is 16.0 Å². The van der Waals surface area contributed by atoms with E-state index in [1.165, 1.54) is 15.9 Å². The van der Waals surface area contributed by atoms with Crippen molar-refractivity contribution < 1.29 is 4.79 Å². The van der Waals surface area contributed by atoms with Crippen molar-refractivity contribution in [2.75, 3.05) is 29.0 Å². The molecule has 2 aromatic heterocycles. The maximum absolute atomic E-state index is 12.5. The lowest BCUT2D eigenvalue weighted by atomic mass is 10.3. The quantitative estimate of drug-likeness (QED) is 0.580. The van der Waals surface area contributed by atoms with Crippen LogP contribution in [0.2, 0.25) is 0 Å². The summed E-state index contributed by atoms with van der Waals surface area (Å²) < 4.78 is 1.35. The Hall–Kier alpha value is -2.62. The highest BCUT2D eigenvalue weighted by molar-refractivity contribution is 7.15. The van der Waals surface area contributed by atoms with Crippen molar-refractivity contribution >= 4 is 33.9 Å². The second kappa shape index (κ2) is 9.54. The van der Waals surface area contributed by atoms with Gasteiger partial charge in [0.05, 0.1) is 12.2 Å². The topological polar surface area (TPSA) is 126 Å². The van der Waals surface area contributed by atoms with Gasteiger partial charge in [0.1, 0.15) is 11.5 Å². The van der Waals surface area contributed by atoms with Crippen LogP contribution in [0.25, 0.3) is 0 Å². The van der Waals surface area contributed by atoms with Crippen LogP contribution in [-0.4, -0.2) is 33.5 Å². The molecule has 0 aromatic carbocycles. The lowest BCUT2D eigenvalue weighted by molar-refractivity contribution is -0.115. The maximum atomic E-state index is 12.5. The standard InChI is InChI=1S/C18H28N6O3S/c1-5-8-9-24-15(19)14(16(26)22-18(24)27)23(7-3)10-13(25)21-17-20-12(6-2)11(4)28-17/h5-10,19H2,1-4H3,(H,20,21,25)(H,22,26,27). The fourth-order valence-electron chi connectivity index (χ4n) is 2.91. The minimum Gasteiger partial charge on any atom is -0.383 e. The summed E-state index contributed by atoms with van der Waals surface area (Å²) in [5.41, 5.74) is 6.09. The van der Waals surface area contributed by atoms with E-state index in [2.05, 4.69) is 15.3 Å². The van der Waals surface area contributed by atoms with Crippen LogP contribution in [0.4, 0.5) is 16.6 Å². The highest BCUT2D eigenvalue weighted by Crippen LogP contribution is 2.22. The van der Waals surface area contributed by atoms with E-state index in [1.54, 1.807) is 4.90 Å². The smallest absolute Gasteiger partial charge is 0.330 e. The van der Waals surface area contributed by atoms with Crippen molar-refractivity contribution in [3.63, 3.8) is 0 Å². The third-order valence-electron chi connectivity index (χ3n) is 4.46. The van der Waals surface area contributed by atoms with E-state index in [9.17, 15) is 14.4 Å². The Labute approximate surface area is 167 Å². The van der Waals surface area contributed by atoms with Crippen LogP contribution in [-0.2, 0) is 17.8 Å². The van der Waals surface area contributed by atoms with Gasteiger partial charge in [-0.05, 0) is 26.7 Å². The number of nitrogens with two attached hydrogens (primary N) is 1. The lowest BCUT2D eigenvalue weighted by Crippen LogP contribution is -2.41. The average Bonchev–Trinajstić information content (AvgIpc) is 2.99. The molecule has 10 heteroatoms. The number of hydrogen-bond donors (Lipinski definition) is 3. The summed E-state index contributed by atoms with van der Waals surface area (Å²) in [6.45, 7) is 8.50. The molecular weight excluding hydrogens is 380 g/mol. The molecule has 28 heavy (non-hydrogen) atoms. The number of carbonyl (C=O) groups is 1. The molecule has 154 valence electrons. The number of carbonyl (C=O) groups excluding carboxylic acids is 1. The summed E-state index contributed by atoms with van der Waals surface area (Å²) in [6.07, 6.45) is 2.43. The molecule has 2 aromatic rings. The summed E-state index contributed by atoms with van der Waals surface area (Å²) in [7, 11) is 0. The number of hydrogen-bond acceptors (Lipinski definition) is 7. The van der Waals surface area contributed by atoms with Gasteiger partial charge in [0.25, 0.3) is 5.56 Å². The third kappa shape index (κ3) is 4.80. The van der Waals surface area contributed by atoms with Gasteiger partial charge in [-0.1, -0.05) is 20.3 Å². The van der Waals surface area contributed by atoms with Crippen LogP contribution in [0.3, 0.4) is 0 Å². The molecule has 1 amide bonds. The van der Waals surface area contributed by atoms with Gasteiger partial charge in [-0.25, -0.2) is 9.78 Å². The molecule has 0 saturated heterocycles. The van der Waals surface area contributed by atoms with Crippen LogP contribution in [0.1, 0.15) is 44.2 Å². The SMILES string of the molecule is CCCCn1c(N)c(N(CC)CC(=O)Nc2nc(CC)c(C)s2)c(=O)[nH]c1=O. The van der Waals surface area contributed by atoms with Crippen molar-refractivity contribution in [3.05, 3.63) is 31.4 Å². The molecule has 2 heterocycles. The monoisotopic (exact) mass is 408 g/mol. The Kier molecular flexibility index (Phi) is 7.38. The number of unbranched alkanes of at least 4 members (excludes halogenated alkanes) is 1. The van der Waals surface area contributed by atoms with Crippen LogP contribution < -0.4 is 27.2 Å². The normalized spacial score (nSPS) is 10.9. The summed E-state index contributed by atoms with van der Waals surface area (Å²) in [5, 5.41) is 3.31. The van der Waals surface area contributed by atoms with Gasteiger partial charge in [0.2, 0.25) is 5.91 Å². The number of aryl methyl sites for hydroxylation is 2.